The molecule has 2 bridgehead atoms. The Balaban J connectivity index is 1.46. The molecule has 0 amide bonds. The summed E-state index contributed by atoms with van der Waals surface area (Å²) in [7, 11) is 0. The minimum Gasteiger partial charge on any atom is -0.459 e. The van der Waals surface area contributed by atoms with Crippen LogP contribution in [0.3, 0.4) is 0 Å². The zero-order valence-electron chi connectivity index (χ0n) is 18.8. The Hall–Kier alpha value is -1.88. The quantitative estimate of drug-likeness (QED) is 0.334. The number of carbonyl (C=O) groups is 1. The van der Waals surface area contributed by atoms with Crippen LogP contribution in [0.15, 0.2) is 60.7 Å². The number of rotatable bonds is 6. The van der Waals surface area contributed by atoms with Crippen molar-refractivity contribution in [2.24, 2.45) is 0 Å². The maximum absolute atomic E-state index is 14.0. The number of hydrogen-bond donors (Lipinski definition) is 0. The molecule has 0 radical (unpaired) electrons. The van der Waals surface area contributed by atoms with Gasteiger partial charge < -0.3 is 14.0 Å². The number of nitrogens with zero attached hydrogens (tertiary/aromatic N) is 1. The lowest BCUT2D eigenvalue weighted by Gasteiger charge is -2.47. The van der Waals surface area contributed by atoms with E-state index in [1.54, 1.807) is 6.92 Å². The number of piperidine rings is 1. The number of quaternary nitrogens is 1. The van der Waals surface area contributed by atoms with Crippen molar-refractivity contribution >= 4 is 17.6 Å². The van der Waals surface area contributed by atoms with E-state index in [0.29, 0.717) is 12.1 Å². The van der Waals surface area contributed by atoms with Gasteiger partial charge in [-0.3, -0.25) is 0 Å². The largest absolute Gasteiger partial charge is 0.459 e. The van der Waals surface area contributed by atoms with Crippen molar-refractivity contribution in [1.29, 1.82) is 0 Å². The third-order valence-corrected chi connectivity index (χ3v) is 8.11. The van der Waals surface area contributed by atoms with Gasteiger partial charge in [-0.1, -0.05) is 72.3 Å². The smallest absolute Gasteiger partial charge is 0.348 e. The highest BCUT2D eigenvalue weighted by Gasteiger charge is 2.57. The monoisotopic (exact) mass is 454 g/mol. The summed E-state index contributed by atoms with van der Waals surface area (Å²) in [6, 6.07) is 20.5. The van der Waals surface area contributed by atoms with Crippen LogP contribution in [0.25, 0.3) is 0 Å². The summed E-state index contributed by atoms with van der Waals surface area (Å²) in [5.41, 5.74) is -0.569. The SMILES string of the molecule is CC(Cl)OC(C(=O)OC1CC2CCC(C1)[N+]21CCCC1)(c1ccccc1)c1ccccc1. The van der Waals surface area contributed by atoms with Crippen LogP contribution in [-0.4, -0.2) is 47.3 Å². The molecule has 3 saturated heterocycles. The zero-order chi connectivity index (χ0) is 22.2. The fourth-order valence-electron chi connectivity index (χ4n) is 6.72. The third kappa shape index (κ3) is 3.67. The van der Waals surface area contributed by atoms with Crippen LogP contribution in [0.2, 0.25) is 0 Å². The molecule has 5 rings (SSSR count). The molecule has 170 valence electrons. The number of halogens is 1. The normalized spacial score (nSPS) is 27.4. The van der Waals surface area contributed by atoms with E-state index in [1.165, 1.54) is 43.3 Å². The molecule has 0 aliphatic carbocycles. The van der Waals surface area contributed by atoms with E-state index in [0.717, 1.165) is 24.0 Å². The Morgan fingerprint density at radius 2 is 1.44 bits per heavy atom. The van der Waals surface area contributed by atoms with Crippen LogP contribution < -0.4 is 0 Å². The number of benzene rings is 2. The van der Waals surface area contributed by atoms with Crippen molar-refractivity contribution in [3.05, 3.63) is 71.8 Å². The molecule has 4 nitrogen and oxygen atoms in total. The fraction of sp³-hybridized carbons (Fsp3) is 0.519. The van der Waals surface area contributed by atoms with Crippen molar-refractivity contribution in [3.63, 3.8) is 0 Å². The highest BCUT2D eigenvalue weighted by molar-refractivity contribution is 6.19. The first-order chi connectivity index (χ1) is 15.5. The Morgan fingerprint density at radius 1 is 0.938 bits per heavy atom. The van der Waals surface area contributed by atoms with Crippen LogP contribution in [0, 0.1) is 0 Å². The third-order valence-electron chi connectivity index (χ3n) is 8.02. The van der Waals surface area contributed by atoms with Crippen molar-refractivity contribution < 1.29 is 18.8 Å². The Labute approximate surface area is 196 Å². The molecular weight excluding hydrogens is 422 g/mol. The second-order valence-electron chi connectivity index (χ2n) is 9.72. The average molecular weight is 455 g/mol. The molecule has 32 heavy (non-hydrogen) atoms. The maximum Gasteiger partial charge on any atom is 0.348 e. The molecule has 3 aliphatic rings. The van der Waals surface area contributed by atoms with E-state index in [-0.39, 0.29) is 12.1 Å². The van der Waals surface area contributed by atoms with E-state index >= 15 is 0 Å². The molecule has 0 aromatic heterocycles. The van der Waals surface area contributed by atoms with Gasteiger partial charge in [0.2, 0.25) is 5.60 Å². The Kier molecular flexibility index (Phi) is 6.04. The van der Waals surface area contributed by atoms with E-state index in [4.69, 9.17) is 21.1 Å². The first kappa shape index (κ1) is 21.9. The molecule has 1 spiro atoms. The Bertz CT molecular complexity index is 871. The summed E-state index contributed by atoms with van der Waals surface area (Å²) in [4.78, 5) is 14.0. The number of ether oxygens (including phenoxy) is 2. The lowest BCUT2D eigenvalue weighted by Crippen LogP contribution is -2.60. The van der Waals surface area contributed by atoms with E-state index in [2.05, 4.69) is 0 Å². The summed E-state index contributed by atoms with van der Waals surface area (Å²) in [6.07, 6.45) is 7.04. The van der Waals surface area contributed by atoms with Crippen molar-refractivity contribution in [2.45, 2.75) is 74.8 Å². The van der Waals surface area contributed by atoms with Crippen LogP contribution in [0.5, 0.6) is 0 Å². The Morgan fingerprint density at radius 3 is 1.91 bits per heavy atom. The van der Waals surface area contributed by atoms with Gasteiger partial charge >= 0.3 is 5.97 Å². The maximum atomic E-state index is 14.0. The number of esters is 1. The average Bonchev–Trinajstić information content (AvgIpc) is 3.35. The number of hydrogen-bond acceptors (Lipinski definition) is 3. The summed E-state index contributed by atoms with van der Waals surface area (Å²) < 4.78 is 13.9. The van der Waals surface area contributed by atoms with Crippen LogP contribution in [0.1, 0.15) is 56.6 Å². The molecule has 3 aliphatic heterocycles. The first-order valence-electron chi connectivity index (χ1n) is 12.0. The first-order valence-corrected chi connectivity index (χ1v) is 12.5. The van der Waals surface area contributed by atoms with E-state index in [1.807, 2.05) is 60.7 Å². The predicted molar refractivity (Wildman–Crippen MR) is 125 cm³/mol. The molecule has 2 aromatic rings. The predicted octanol–water partition coefficient (Wildman–Crippen LogP) is 5.38. The van der Waals surface area contributed by atoms with Crippen LogP contribution in [0.4, 0.5) is 0 Å². The molecule has 3 unspecified atom stereocenters. The molecule has 3 atom stereocenters. The van der Waals surface area contributed by atoms with Gasteiger partial charge in [0.25, 0.3) is 0 Å². The molecule has 3 fully saturated rings. The highest BCUT2D eigenvalue weighted by atomic mass is 35.5. The molecule has 2 aromatic carbocycles. The topological polar surface area (TPSA) is 35.5 Å². The van der Waals surface area contributed by atoms with Gasteiger partial charge in [0.15, 0.2) is 0 Å². The van der Waals surface area contributed by atoms with E-state index < -0.39 is 11.2 Å². The molecule has 5 heteroatoms. The molecular formula is C27H33ClNO3+. The lowest BCUT2D eigenvalue weighted by atomic mass is 9.85. The molecule has 0 saturated carbocycles. The van der Waals surface area contributed by atoms with E-state index in [9.17, 15) is 4.79 Å². The van der Waals surface area contributed by atoms with Crippen LogP contribution in [-0.2, 0) is 19.9 Å². The minimum atomic E-state index is -1.39. The van der Waals surface area contributed by atoms with Crippen molar-refractivity contribution in [3.8, 4) is 0 Å². The number of alkyl halides is 1. The summed E-state index contributed by atoms with van der Waals surface area (Å²) >= 11 is 6.35. The van der Waals surface area contributed by atoms with Gasteiger partial charge in [-0.25, -0.2) is 4.79 Å². The second kappa shape index (κ2) is 8.81. The standard InChI is InChI=1S/C27H33ClNO3/c1-20(28)32-27(21-10-4-2-5-11-21,22-12-6-3-7-13-22)26(30)31-25-18-23-14-15-24(19-25)29(23)16-8-9-17-29/h2-7,10-13,20,23-25H,8-9,14-19H2,1H3/q+1. The summed E-state index contributed by atoms with van der Waals surface area (Å²) in [5.74, 6) is -0.360. The van der Waals surface area contributed by atoms with Gasteiger partial charge in [-0.15, -0.1) is 0 Å². The molecule has 0 N–H and O–H groups in total. The van der Waals surface area contributed by atoms with Crippen molar-refractivity contribution in [1.82, 2.24) is 0 Å². The summed E-state index contributed by atoms with van der Waals surface area (Å²) in [6.45, 7) is 4.36. The summed E-state index contributed by atoms with van der Waals surface area (Å²) in [5, 5.41) is 0. The van der Waals surface area contributed by atoms with Gasteiger partial charge in [0, 0.05) is 38.5 Å². The lowest BCUT2D eigenvalue weighted by molar-refractivity contribution is -0.956. The second-order valence-corrected chi connectivity index (χ2v) is 10.3. The fourth-order valence-corrected chi connectivity index (χ4v) is 6.85. The zero-order valence-corrected chi connectivity index (χ0v) is 19.5. The van der Waals surface area contributed by atoms with Gasteiger partial charge in [0.1, 0.15) is 11.7 Å². The highest BCUT2D eigenvalue weighted by Crippen LogP contribution is 2.47. The van der Waals surface area contributed by atoms with Gasteiger partial charge in [-0.2, -0.15) is 0 Å². The van der Waals surface area contributed by atoms with Crippen molar-refractivity contribution in [2.75, 3.05) is 13.1 Å². The molecule has 3 heterocycles. The minimum absolute atomic E-state index is 0.0645. The van der Waals surface area contributed by atoms with Crippen LogP contribution >= 0.6 is 11.6 Å². The van der Waals surface area contributed by atoms with Gasteiger partial charge in [0.05, 0.1) is 25.2 Å². The number of carbonyl (C=O) groups excluding carboxylic acids is 1. The van der Waals surface area contributed by atoms with Gasteiger partial charge in [-0.05, 0) is 18.1 Å².